The molecule has 0 radical (unpaired) electrons. The van der Waals surface area contributed by atoms with Crippen molar-refractivity contribution >= 4 is 11.9 Å². The van der Waals surface area contributed by atoms with E-state index < -0.39 is 12.0 Å². The highest BCUT2D eigenvalue weighted by molar-refractivity contribution is 5.82. The topological polar surface area (TPSA) is 89.9 Å². The van der Waals surface area contributed by atoms with Gasteiger partial charge in [0.25, 0.3) is 0 Å². The summed E-state index contributed by atoms with van der Waals surface area (Å²) in [4.78, 5) is 22.9. The van der Waals surface area contributed by atoms with Crippen LogP contribution in [0.15, 0.2) is 0 Å². The molecular formula is C11H24N2O4. The summed E-state index contributed by atoms with van der Waals surface area (Å²) in [7, 11) is 3.85. The van der Waals surface area contributed by atoms with E-state index in [9.17, 15) is 9.59 Å². The first kappa shape index (κ1) is 18.2. The van der Waals surface area contributed by atoms with Gasteiger partial charge in [-0.1, -0.05) is 13.8 Å². The minimum atomic E-state index is -0.991. The quantitative estimate of drug-likeness (QED) is 0.625. The number of carbonyl (C=O) groups is 2. The summed E-state index contributed by atoms with van der Waals surface area (Å²) in [6, 6.07) is -0.771. The maximum Gasteiger partial charge on any atom is 0.326 e. The van der Waals surface area contributed by atoms with Gasteiger partial charge in [0.05, 0.1) is 6.61 Å². The largest absolute Gasteiger partial charge is 0.480 e. The highest BCUT2D eigenvalue weighted by atomic mass is 16.4. The van der Waals surface area contributed by atoms with Gasteiger partial charge >= 0.3 is 5.97 Å². The fourth-order valence-electron chi connectivity index (χ4n) is 0.933. The number of aliphatic hydroxyl groups is 1. The highest BCUT2D eigenvalue weighted by Crippen LogP contribution is 2.00. The lowest BCUT2D eigenvalue weighted by Gasteiger charge is -2.16. The number of rotatable bonds is 5. The van der Waals surface area contributed by atoms with Crippen LogP contribution in [0.1, 0.15) is 20.8 Å². The van der Waals surface area contributed by atoms with E-state index in [1.807, 2.05) is 19.0 Å². The average Bonchev–Trinajstić information content (AvgIpc) is 2.13. The third kappa shape index (κ3) is 12.8. The number of amides is 1. The van der Waals surface area contributed by atoms with Crippen molar-refractivity contribution in [1.82, 2.24) is 10.2 Å². The average molecular weight is 248 g/mol. The molecular weight excluding hydrogens is 224 g/mol. The molecule has 0 rings (SSSR count). The van der Waals surface area contributed by atoms with Crippen LogP contribution < -0.4 is 5.32 Å². The minimum Gasteiger partial charge on any atom is -0.480 e. The lowest BCUT2D eigenvalue weighted by molar-refractivity contribution is -0.142. The van der Waals surface area contributed by atoms with Gasteiger partial charge in [-0.15, -0.1) is 0 Å². The van der Waals surface area contributed by atoms with Crippen molar-refractivity contribution in [2.75, 3.05) is 27.2 Å². The van der Waals surface area contributed by atoms with Crippen molar-refractivity contribution in [3.05, 3.63) is 0 Å². The SMILES string of the molecule is CC(=O)N[C@H](C(=O)O)C(C)C.CN(C)CCO. The Bertz CT molecular complexity index is 230. The Morgan fingerprint density at radius 3 is 1.82 bits per heavy atom. The minimum absolute atomic E-state index is 0.0867. The Hall–Kier alpha value is -1.14. The Morgan fingerprint density at radius 1 is 1.29 bits per heavy atom. The van der Waals surface area contributed by atoms with Gasteiger partial charge in [0.1, 0.15) is 6.04 Å². The lowest BCUT2D eigenvalue weighted by Crippen LogP contribution is -2.43. The van der Waals surface area contributed by atoms with Gasteiger partial charge in [0.2, 0.25) is 5.91 Å². The van der Waals surface area contributed by atoms with Gasteiger partial charge in [-0.05, 0) is 20.0 Å². The zero-order chi connectivity index (χ0) is 14.0. The summed E-state index contributed by atoms with van der Waals surface area (Å²) >= 11 is 0. The number of carboxylic acid groups (broad SMARTS) is 1. The molecule has 0 unspecified atom stereocenters. The number of carboxylic acids is 1. The second-order valence-electron chi connectivity index (χ2n) is 4.29. The van der Waals surface area contributed by atoms with Crippen LogP contribution in [0.25, 0.3) is 0 Å². The Kier molecular flexibility index (Phi) is 10.8. The summed E-state index contributed by atoms with van der Waals surface area (Å²) in [6.07, 6.45) is 0. The molecule has 6 nitrogen and oxygen atoms in total. The molecule has 0 aliphatic rings. The van der Waals surface area contributed by atoms with E-state index in [0.29, 0.717) is 0 Å². The first-order valence-corrected chi connectivity index (χ1v) is 5.47. The number of hydrogen-bond acceptors (Lipinski definition) is 4. The van der Waals surface area contributed by atoms with Crippen LogP contribution in [0.4, 0.5) is 0 Å². The number of nitrogens with one attached hydrogen (secondary N) is 1. The molecule has 1 amide bonds. The third-order valence-electron chi connectivity index (χ3n) is 1.84. The van der Waals surface area contributed by atoms with E-state index in [0.717, 1.165) is 6.54 Å². The molecule has 0 fully saturated rings. The van der Waals surface area contributed by atoms with Crippen LogP contribution >= 0.6 is 0 Å². The molecule has 0 aliphatic carbocycles. The molecule has 17 heavy (non-hydrogen) atoms. The number of aliphatic carboxylic acids is 1. The van der Waals surface area contributed by atoms with Gasteiger partial charge in [-0.3, -0.25) is 4.79 Å². The standard InChI is InChI=1S/C7H13NO3.C4H11NO/c1-4(2)6(7(10)11)8-5(3)9;1-5(2)3-4-6/h4,6H,1-3H3,(H,8,9)(H,10,11);6H,3-4H2,1-2H3/t6-;/m0./s1. The second kappa shape index (κ2) is 10.0. The molecule has 1 atom stereocenters. The summed E-state index contributed by atoms with van der Waals surface area (Å²) in [5.74, 6) is -1.39. The summed E-state index contributed by atoms with van der Waals surface area (Å²) in [5, 5.41) is 19.1. The first-order valence-electron chi connectivity index (χ1n) is 5.47. The maximum atomic E-state index is 10.5. The monoisotopic (exact) mass is 248 g/mol. The van der Waals surface area contributed by atoms with Crippen molar-refractivity contribution in [2.24, 2.45) is 5.92 Å². The molecule has 102 valence electrons. The molecule has 3 N–H and O–H groups in total. The number of aliphatic hydroxyl groups excluding tert-OH is 1. The molecule has 0 bridgehead atoms. The van der Waals surface area contributed by atoms with Gasteiger partial charge in [0.15, 0.2) is 0 Å². The predicted octanol–water partition coefficient (Wildman–Crippen LogP) is -0.228. The molecule has 0 aliphatic heterocycles. The first-order chi connectivity index (χ1) is 7.72. The summed E-state index contributed by atoms with van der Waals surface area (Å²) in [6.45, 7) is 5.81. The second-order valence-corrected chi connectivity index (χ2v) is 4.29. The fourth-order valence-corrected chi connectivity index (χ4v) is 0.933. The number of hydrogen-bond donors (Lipinski definition) is 3. The lowest BCUT2D eigenvalue weighted by atomic mass is 10.1. The van der Waals surface area contributed by atoms with Crippen molar-refractivity contribution in [3.63, 3.8) is 0 Å². The molecule has 0 aromatic carbocycles. The van der Waals surface area contributed by atoms with Crippen LogP contribution in [-0.4, -0.2) is 60.3 Å². The number of nitrogens with zero attached hydrogens (tertiary/aromatic N) is 1. The number of likely N-dealkylation sites (N-methyl/N-ethyl adjacent to an activating group) is 1. The number of carbonyl (C=O) groups excluding carboxylic acids is 1. The van der Waals surface area contributed by atoms with Crippen molar-refractivity contribution < 1.29 is 19.8 Å². The third-order valence-corrected chi connectivity index (χ3v) is 1.84. The van der Waals surface area contributed by atoms with Crippen LogP contribution in [0.5, 0.6) is 0 Å². The maximum absolute atomic E-state index is 10.5. The Labute approximate surface area is 103 Å². The van der Waals surface area contributed by atoms with E-state index in [1.54, 1.807) is 13.8 Å². The van der Waals surface area contributed by atoms with Crippen LogP contribution in [0.2, 0.25) is 0 Å². The van der Waals surface area contributed by atoms with Gasteiger partial charge in [0, 0.05) is 13.5 Å². The van der Waals surface area contributed by atoms with E-state index in [4.69, 9.17) is 10.2 Å². The normalized spacial score (nSPS) is 11.8. The Morgan fingerprint density at radius 2 is 1.76 bits per heavy atom. The van der Waals surface area contributed by atoms with Crippen LogP contribution in [-0.2, 0) is 9.59 Å². The van der Waals surface area contributed by atoms with E-state index in [2.05, 4.69) is 5.32 Å². The zero-order valence-electron chi connectivity index (χ0n) is 11.2. The zero-order valence-corrected chi connectivity index (χ0v) is 11.2. The van der Waals surface area contributed by atoms with E-state index in [-0.39, 0.29) is 18.4 Å². The van der Waals surface area contributed by atoms with Gasteiger partial charge in [-0.25, -0.2) is 4.79 Å². The van der Waals surface area contributed by atoms with Crippen LogP contribution in [0.3, 0.4) is 0 Å². The molecule has 0 saturated heterocycles. The summed E-state index contributed by atoms with van der Waals surface area (Å²) in [5.41, 5.74) is 0. The Balaban J connectivity index is 0. The van der Waals surface area contributed by atoms with E-state index in [1.165, 1.54) is 6.92 Å². The molecule has 0 aromatic heterocycles. The smallest absolute Gasteiger partial charge is 0.326 e. The summed E-state index contributed by atoms with van der Waals surface area (Å²) < 4.78 is 0. The molecule has 0 saturated carbocycles. The molecule has 6 heteroatoms. The highest BCUT2D eigenvalue weighted by Gasteiger charge is 2.21. The van der Waals surface area contributed by atoms with Crippen molar-refractivity contribution in [3.8, 4) is 0 Å². The van der Waals surface area contributed by atoms with Crippen LogP contribution in [0, 0.1) is 5.92 Å². The van der Waals surface area contributed by atoms with Crippen molar-refractivity contribution in [1.29, 1.82) is 0 Å². The molecule has 0 aromatic rings. The van der Waals surface area contributed by atoms with Gasteiger partial charge < -0.3 is 20.4 Å². The fraction of sp³-hybridized carbons (Fsp3) is 0.818. The van der Waals surface area contributed by atoms with E-state index >= 15 is 0 Å². The van der Waals surface area contributed by atoms with Crippen molar-refractivity contribution in [2.45, 2.75) is 26.8 Å². The predicted molar refractivity (Wildman–Crippen MR) is 65.7 cm³/mol. The molecule has 0 spiro atoms. The molecule has 0 heterocycles. The van der Waals surface area contributed by atoms with Gasteiger partial charge in [-0.2, -0.15) is 0 Å².